The molecule has 2 N–H and O–H groups in total. The molecule has 0 aliphatic rings. The standard InChI is InChI=1S/C12H15NO2/c1-3-11(13)10-4-8-6-15-7-9(8)5-12(10)14-2/h4-7,11H,3,13H2,1-2H3/t11-/m1/s1. The number of benzene rings is 1. The van der Waals surface area contributed by atoms with E-state index in [9.17, 15) is 0 Å². The molecule has 0 fully saturated rings. The third-order valence-corrected chi connectivity index (χ3v) is 2.66. The molecule has 2 aromatic rings. The predicted octanol–water partition coefficient (Wildman–Crippen LogP) is 2.85. The zero-order valence-corrected chi connectivity index (χ0v) is 8.99. The van der Waals surface area contributed by atoms with Crippen molar-refractivity contribution in [3.8, 4) is 5.75 Å². The molecule has 0 spiro atoms. The highest BCUT2D eigenvalue weighted by Gasteiger charge is 2.12. The van der Waals surface area contributed by atoms with E-state index in [-0.39, 0.29) is 6.04 Å². The van der Waals surface area contributed by atoms with E-state index in [1.165, 1.54) is 0 Å². The van der Waals surface area contributed by atoms with Gasteiger partial charge >= 0.3 is 0 Å². The molecular formula is C12H15NO2. The second-order valence-electron chi connectivity index (χ2n) is 3.61. The van der Waals surface area contributed by atoms with Crippen LogP contribution in [0.1, 0.15) is 24.9 Å². The third-order valence-electron chi connectivity index (χ3n) is 2.66. The van der Waals surface area contributed by atoms with Crippen molar-refractivity contribution in [2.45, 2.75) is 19.4 Å². The Hall–Kier alpha value is -1.48. The SMILES string of the molecule is CC[C@@H](N)c1cc2cocc2cc1OC. The van der Waals surface area contributed by atoms with Gasteiger partial charge in [0.15, 0.2) is 0 Å². The molecule has 3 nitrogen and oxygen atoms in total. The van der Waals surface area contributed by atoms with Gasteiger partial charge in [0, 0.05) is 22.4 Å². The molecule has 0 amide bonds. The molecule has 80 valence electrons. The first-order valence-corrected chi connectivity index (χ1v) is 5.05. The first-order chi connectivity index (χ1) is 7.26. The zero-order chi connectivity index (χ0) is 10.8. The second-order valence-corrected chi connectivity index (χ2v) is 3.61. The van der Waals surface area contributed by atoms with Crippen molar-refractivity contribution < 1.29 is 9.15 Å². The van der Waals surface area contributed by atoms with E-state index in [4.69, 9.17) is 14.9 Å². The van der Waals surface area contributed by atoms with E-state index in [1.807, 2.05) is 12.1 Å². The molecule has 1 aromatic heterocycles. The molecule has 0 aliphatic heterocycles. The van der Waals surface area contributed by atoms with Crippen LogP contribution in [0, 0.1) is 0 Å². The Morgan fingerprint density at radius 2 is 2.00 bits per heavy atom. The van der Waals surface area contributed by atoms with E-state index in [0.717, 1.165) is 28.5 Å². The third kappa shape index (κ3) is 1.70. The monoisotopic (exact) mass is 205 g/mol. The maximum Gasteiger partial charge on any atom is 0.124 e. The summed E-state index contributed by atoms with van der Waals surface area (Å²) >= 11 is 0. The Labute approximate surface area is 88.8 Å². The van der Waals surface area contributed by atoms with Crippen molar-refractivity contribution in [1.29, 1.82) is 0 Å². The lowest BCUT2D eigenvalue weighted by atomic mass is 10.0. The first-order valence-electron chi connectivity index (χ1n) is 5.05. The maximum absolute atomic E-state index is 6.02. The molecule has 0 aliphatic carbocycles. The summed E-state index contributed by atoms with van der Waals surface area (Å²) in [5, 5.41) is 2.11. The first kappa shape index (κ1) is 10.1. The fourth-order valence-electron chi connectivity index (χ4n) is 1.70. The lowest BCUT2D eigenvalue weighted by Crippen LogP contribution is -2.10. The molecule has 15 heavy (non-hydrogen) atoms. The number of hydrogen-bond acceptors (Lipinski definition) is 3. The molecule has 0 unspecified atom stereocenters. The van der Waals surface area contributed by atoms with Crippen LogP contribution in [0.15, 0.2) is 29.1 Å². The van der Waals surface area contributed by atoms with Gasteiger partial charge in [0.05, 0.1) is 19.6 Å². The van der Waals surface area contributed by atoms with Gasteiger partial charge in [0.25, 0.3) is 0 Å². The van der Waals surface area contributed by atoms with E-state index >= 15 is 0 Å². The van der Waals surface area contributed by atoms with Crippen LogP contribution in [0.3, 0.4) is 0 Å². The smallest absolute Gasteiger partial charge is 0.124 e. The van der Waals surface area contributed by atoms with Crippen molar-refractivity contribution in [2.24, 2.45) is 5.73 Å². The number of nitrogens with two attached hydrogens (primary N) is 1. The topological polar surface area (TPSA) is 48.4 Å². The molecular weight excluding hydrogens is 190 g/mol. The van der Waals surface area contributed by atoms with Crippen molar-refractivity contribution >= 4 is 10.8 Å². The van der Waals surface area contributed by atoms with Crippen LogP contribution < -0.4 is 10.5 Å². The Bertz CT molecular complexity index is 462. The van der Waals surface area contributed by atoms with Crippen molar-refractivity contribution in [3.63, 3.8) is 0 Å². The molecule has 3 heteroatoms. The molecule has 2 rings (SSSR count). The van der Waals surface area contributed by atoms with Gasteiger partial charge in [-0.25, -0.2) is 0 Å². The molecule has 0 radical (unpaired) electrons. The molecule has 1 atom stereocenters. The minimum absolute atomic E-state index is 0.0132. The van der Waals surface area contributed by atoms with Crippen LogP contribution in [-0.2, 0) is 0 Å². The highest BCUT2D eigenvalue weighted by atomic mass is 16.5. The average molecular weight is 205 g/mol. The highest BCUT2D eigenvalue weighted by molar-refractivity contribution is 5.83. The van der Waals surface area contributed by atoms with Gasteiger partial charge in [0.1, 0.15) is 5.75 Å². The summed E-state index contributed by atoms with van der Waals surface area (Å²) < 4.78 is 10.5. The minimum atomic E-state index is 0.0132. The summed E-state index contributed by atoms with van der Waals surface area (Å²) in [7, 11) is 1.66. The average Bonchev–Trinajstić information content (AvgIpc) is 2.73. The van der Waals surface area contributed by atoms with Crippen LogP contribution in [0.2, 0.25) is 0 Å². The molecule has 1 aromatic carbocycles. The van der Waals surface area contributed by atoms with Gasteiger partial charge in [-0.15, -0.1) is 0 Å². The van der Waals surface area contributed by atoms with Crippen LogP contribution in [0.5, 0.6) is 5.75 Å². The lowest BCUT2D eigenvalue weighted by molar-refractivity contribution is 0.406. The summed E-state index contributed by atoms with van der Waals surface area (Å²) in [6, 6.07) is 4.01. The molecule has 0 saturated carbocycles. The Morgan fingerprint density at radius 1 is 1.33 bits per heavy atom. The molecule has 0 saturated heterocycles. The van der Waals surface area contributed by atoms with E-state index in [2.05, 4.69) is 6.92 Å². The van der Waals surface area contributed by atoms with Crippen molar-refractivity contribution in [2.75, 3.05) is 7.11 Å². The molecule has 0 bridgehead atoms. The van der Waals surface area contributed by atoms with E-state index in [0.29, 0.717) is 0 Å². The second kappa shape index (κ2) is 3.95. The number of ether oxygens (including phenoxy) is 1. The Kier molecular flexibility index (Phi) is 2.64. The minimum Gasteiger partial charge on any atom is -0.496 e. The quantitative estimate of drug-likeness (QED) is 0.838. The Balaban J connectivity index is 2.59. The zero-order valence-electron chi connectivity index (χ0n) is 8.99. The maximum atomic E-state index is 6.02. The fourth-order valence-corrected chi connectivity index (χ4v) is 1.70. The normalized spacial score (nSPS) is 13.0. The largest absolute Gasteiger partial charge is 0.496 e. The summed E-state index contributed by atoms with van der Waals surface area (Å²) in [6.07, 6.45) is 4.32. The summed E-state index contributed by atoms with van der Waals surface area (Å²) in [5.41, 5.74) is 7.06. The number of methoxy groups -OCH3 is 1. The van der Waals surface area contributed by atoms with Gasteiger partial charge in [-0.1, -0.05) is 6.92 Å². The number of furan rings is 1. The summed E-state index contributed by atoms with van der Waals surface area (Å²) in [5.74, 6) is 0.832. The van der Waals surface area contributed by atoms with Crippen LogP contribution in [0.4, 0.5) is 0 Å². The van der Waals surface area contributed by atoms with Crippen molar-refractivity contribution in [3.05, 3.63) is 30.2 Å². The molecule has 1 heterocycles. The van der Waals surface area contributed by atoms with Gasteiger partial charge < -0.3 is 14.9 Å². The van der Waals surface area contributed by atoms with E-state index in [1.54, 1.807) is 19.6 Å². The highest BCUT2D eigenvalue weighted by Crippen LogP contribution is 2.31. The lowest BCUT2D eigenvalue weighted by Gasteiger charge is -2.13. The van der Waals surface area contributed by atoms with Gasteiger partial charge in [-0.05, 0) is 18.6 Å². The van der Waals surface area contributed by atoms with Gasteiger partial charge in [-0.3, -0.25) is 0 Å². The number of hydrogen-bond donors (Lipinski definition) is 1. The predicted molar refractivity (Wildman–Crippen MR) is 60.0 cm³/mol. The fraction of sp³-hybridized carbons (Fsp3) is 0.333. The van der Waals surface area contributed by atoms with Gasteiger partial charge in [0.2, 0.25) is 0 Å². The summed E-state index contributed by atoms with van der Waals surface area (Å²) in [4.78, 5) is 0. The van der Waals surface area contributed by atoms with Crippen LogP contribution in [0.25, 0.3) is 10.8 Å². The van der Waals surface area contributed by atoms with Crippen molar-refractivity contribution in [1.82, 2.24) is 0 Å². The summed E-state index contributed by atoms with van der Waals surface area (Å²) in [6.45, 7) is 2.06. The van der Waals surface area contributed by atoms with E-state index < -0.39 is 0 Å². The van der Waals surface area contributed by atoms with Crippen LogP contribution in [-0.4, -0.2) is 7.11 Å². The van der Waals surface area contributed by atoms with Gasteiger partial charge in [-0.2, -0.15) is 0 Å². The van der Waals surface area contributed by atoms with Crippen LogP contribution >= 0.6 is 0 Å². The Morgan fingerprint density at radius 3 is 2.60 bits per heavy atom. The number of fused-ring (bicyclic) bond motifs is 1. The number of rotatable bonds is 3.